The molecule has 3 heteroatoms. The third-order valence-electron chi connectivity index (χ3n) is 8.58. The lowest BCUT2D eigenvalue weighted by Gasteiger charge is -2.66. The van der Waals surface area contributed by atoms with Crippen LogP contribution in [0.25, 0.3) is 0 Å². The highest BCUT2D eigenvalue weighted by atomic mass is 16.3. The summed E-state index contributed by atoms with van der Waals surface area (Å²) in [4.78, 5) is 0. The molecule has 3 nitrogen and oxygen atoms in total. The molecule has 0 amide bonds. The molecule has 0 heterocycles. The summed E-state index contributed by atoms with van der Waals surface area (Å²) in [5.41, 5.74) is 0.460. The Morgan fingerprint density at radius 1 is 1.04 bits per heavy atom. The van der Waals surface area contributed by atoms with Gasteiger partial charge in [-0.2, -0.15) is 0 Å². The predicted molar refractivity (Wildman–Crippen MR) is 89.7 cm³/mol. The van der Waals surface area contributed by atoms with Crippen molar-refractivity contribution >= 4 is 0 Å². The van der Waals surface area contributed by atoms with Gasteiger partial charge in [0.1, 0.15) is 0 Å². The summed E-state index contributed by atoms with van der Waals surface area (Å²) in [6, 6.07) is 0. The summed E-state index contributed by atoms with van der Waals surface area (Å²) in [6.07, 6.45) is 4.30. The third kappa shape index (κ3) is 1.72. The van der Waals surface area contributed by atoms with Crippen molar-refractivity contribution in [2.75, 3.05) is 0 Å². The van der Waals surface area contributed by atoms with E-state index in [2.05, 4.69) is 27.4 Å². The van der Waals surface area contributed by atoms with Gasteiger partial charge in [-0.15, -0.1) is 0 Å². The van der Waals surface area contributed by atoms with Crippen molar-refractivity contribution in [1.82, 2.24) is 0 Å². The Morgan fingerprint density at radius 3 is 2.43 bits per heavy atom. The average Bonchev–Trinajstić information content (AvgIpc) is 2.57. The highest BCUT2D eigenvalue weighted by molar-refractivity contribution is 5.32. The van der Waals surface area contributed by atoms with Crippen molar-refractivity contribution in [2.24, 2.45) is 34.0 Å². The second-order valence-corrected chi connectivity index (χ2v) is 9.86. The first-order chi connectivity index (χ1) is 10.7. The summed E-state index contributed by atoms with van der Waals surface area (Å²) < 4.78 is 0. The maximum Gasteiger partial charge on any atom is 0.0836 e. The molecule has 4 aliphatic rings. The molecule has 0 unspecified atom stereocenters. The Balaban J connectivity index is 1.85. The first kappa shape index (κ1) is 16.1. The number of hydrogen-bond donors (Lipinski definition) is 3. The summed E-state index contributed by atoms with van der Waals surface area (Å²) in [6.45, 7) is 11.1. The minimum absolute atomic E-state index is 0.00301. The molecule has 0 aliphatic heterocycles. The van der Waals surface area contributed by atoms with E-state index in [1.165, 1.54) is 12.8 Å². The van der Waals surface area contributed by atoms with Gasteiger partial charge in [0.05, 0.1) is 18.3 Å². The van der Waals surface area contributed by atoms with E-state index in [9.17, 15) is 15.3 Å². The van der Waals surface area contributed by atoms with Gasteiger partial charge in [-0.3, -0.25) is 0 Å². The molecule has 1 spiro atoms. The molecular weight excluding hydrogens is 288 g/mol. The van der Waals surface area contributed by atoms with E-state index in [0.29, 0.717) is 12.3 Å². The minimum atomic E-state index is -0.660. The van der Waals surface area contributed by atoms with Crippen LogP contribution in [0.2, 0.25) is 0 Å². The molecule has 4 rings (SSSR count). The second-order valence-electron chi connectivity index (χ2n) is 9.86. The first-order valence-electron chi connectivity index (χ1n) is 9.39. The van der Waals surface area contributed by atoms with Gasteiger partial charge < -0.3 is 15.3 Å². The van der Waals surface area contributed by atoms with Crippen LogP contribution in [0.4, 0.5) is 0 Å². The Kier molecular flexibility index (Phi) is 3.23. The fourth-order valence-corrected chi connectivity index (χ4v) is 7.82. The number of aliphatic hydroxyl groups excluding tert-OH is 3. The van der Waals surface area contributed by atoms with Gasteiger partial charge in [0.25, 0.3) is 0 Å². The van der Waals surface area contributed by atoms with Crippen molar-refractivity contribution in [1.29, 1.82) is 0 Å². The Hall–Kier alpha value is -0.380. The van der Waals surface area contributed by atoms with Gasteiger partial charge in [0.2, 0.25) is 0 Å². The van der Waals surface area contributed by atoms with Crippen molar-refractivity contribution in [3.8, 4) is 0 Å². The van der Waals surface area contributed by atoms with Gasteiger partial charge in [0.15, 0.2) is 0 Å². The topological polar surface area (TPSA) is 60.7 Å². The van der Waals surface area contributed by atoms with Crippen molar-refractivity contribution in [3.05, 3.63) is 12.2 Å². The lowest BCUT2D eigenvalue weighted by Crippen LogP contribution is -2.65. The number of hydrogen-bond acceptors (Lipinski definition) is 3. The average molecular weight is 320 g/mol. The molecule has 0 radical (unpaired) electrons. The van der Waals surface area contributed by atoms with Crippen LogP contribution < -0.4 is 0 Å². The lowest BCUT2D eigenvalue weighted by atomic mass is 9.40. The lowest BCUT2D eigenvalue weighted by molar-refractivity contribution is -0.237. The zero-order valence-corrected chi connectivity index (χ0v) is 14.8. The molecule has 0 aromatic carbocycles. The molecule has 4 fully saturated rings. The molecular formula is C20H32O3. The Morgan fingerprint density at radius 2 is 1.74 bits per heavy atom. The van der Waals surface area contributed by atoms with Gasteiger partial charge in [-0.05, 0) is 54.4 Å². The Labute approximate surface area is 139 Å². The fourth-order valence-electron chi connectivity index (χ4n) is 7.82. The van der Waals surface area contributed by atoms with Crippen molar-refractivity contribution in [3.63, 3.8) is 0 Å². The second kappa shape index (κ2) is 4.62. The Bertz CT molecular complexity index is 541. The van der Waals surface area contributed by atoms with Crippen LogP contribution >= 0.6 is 0 Å². The zero-order valence-electron chi connectivity index (χ0n) is 14.8. The van der Waals surface area contributed by atoms with Crippen molar-refractivity contribution in [2.45, 2.75) is 77.6 Å². The molecule has 23 heavy (non-hydrogen) atoms. The SMILES string of the molecule is C=C1[C@@H]2C[C@H](O)[C@H]3[C@]4(C)CCCC(C)(C)[C@H]4CC[C@]3([C@@H]2O)[C@H]1O. The van der Waals surface area contributed by atoms with Gasteiger partial charge in [-0.25, -0.2) is 0 Å². The van der Waals surface area contributed by atoms with E-state index in [4.69, 9.17) is 0 Å². The molecule has 8 atom stereocenters. The summed E-state index contributed by atoms with van der Waals surface area (Å²) in [5, 5.41) is 33.1. The van der Waals surface area contributed by atoms with Gasteiger partial charge in [0, 0.05) is 17.3 Å². The van der Waals surface area contributed by atoms with Crippen LogP contribution in [0.3, 0.4) is 0 Å². The van der Waals surface area contributed by atoms with E-state index in [0.717, 1.165) is 24.8 Å². The largest absolute Gasteiger partial charge is 0.393 e. The summed E-state index contributed by atoms with van der Waals surface area (Å²) in [5.74, 6) is 0.403. The fraction of sp³-hybridized carbons (Fsp3) is 0.900. The maximum absolute atomic E-state index is 11.1. The molecule has 0 aromatic rings. The normalized spacial score (nSPS) is 57.7. The zero-order chi connectivity index (χ0) is 16.8. The van der Waals surface area contributed by atoms with Crippen LogP contribution in [-0.4, -0.2) is 33.6 Å². The van der Waals surface area contributed by atoms with Gasteiger partial charge in [-0.1, -0.05) is 33.8 Å². The first-order valence-corrected chi connectivity index (χ1v) is 9.39. The standard InChI is InChI=1S/C20H32O3/c1-11-12-10-13(21)15-19(4)8-5-7-18(2,3)14(19)6-9-20(15,16(11)22)17(12)23/h12-17,21-23H,1,5-10H2,2-4H3/t12-,13-,14+,15-,16-,17+,19+,20+/m0/s1. The van der Waals surface area contributed by atoms with Crippen LogP contribution in [0.5, 0.6) is 0 Å². The minimum Gasteiger partial charge on any atom is -0.393 e. The molecule has 0 saturated heterocycles. The molecule has 4 saturated carbocycles. The predicted octanol–water partition coefficient (Wildman–Crippen LogP) is 2.89. The van der Waals surface area contributed by atoms with E-state index in [1.807, 2.05) is 0 Å². The van der Waals surface area contributed by atoms with Crippen molar-refractivity contribution < 1.29 is 15.3 Å². The third-order valence-corrected chi connectivity index (χ3v) is 8.58. The van der Waals surface area contributed by atoms with Crippen LogP contribution in [0, 0.1) is 34.0 Å². The molecule has 4 aliphatic carbocycles. The highest BCUT2D eigenvalue weighted by Crippen LogP contribution is 2.71. The quantitative estimate of drug-likeness (QED) is 0.602. The van der Waals surface area contributed by atoms with Gasteiger partial charge >= 0.3 is 0 Å². The van der Waals surface area contributed by atoms with E-state index in [-0.39, 0.29) is 22.7 Å². The van der Waals surface area contributed by atoms with Crippen LogP contribution in [0.1, 0.15) is 59.3 Å². The van der Waals surface area contributed by atoms with E-state index in [1.54, 1.807) is 0 Å². The monoisotopic (exact) mass is 320 g/mol. The number of fused-ring (bicyclic) bond motifs is 3. The summed E-state index contributed by atoms with van der Waals surface area (Å²) >= 11 is 0. The number of aliphatic hydroxyl groups is 3. The molecule has 130 valence electrons. The molecule has 0 aromatic heterocycles. The smallest absolute Gasteiger partial charge is 0.0836 e. The summed E-state index contributed by atoms with van der Waals surface area (Å²) in [7, 11) is 0. The highest BCUT2D eigenvalue weighted by Gasteiger charge is 2.72. The molecule has 3 N–H and O–H groups in total. The maximum atomic E-state index is 11.1. The van der Waals surface area contributed by atoms with Crippen LogP contribution in [-0.2, 0) is 0 Å². The van der Waals surface area contributed by atoms with Crippen LogP contribution in [0.15, 0.2) is 12.2 Å². The van der Waals surface area contributed by atoms with E-state index < -0.39 is 23.7 Å². The van der Waals surface area contributed by atoms with E-state index >= 15 is 0 Å². The number of rotatable bonds is 0. The molecule has 2 bridgehead atoms.